The van der Waals surface area contributed by atoms with Crippen LogP contribution in [0.15, 0.2) is 24.3 Å². The molecule has 3 aliphatic rings. The lowest BCUT2D eigenvalue weighted by molar-refractivity contribution is -0.386. The van der Waals surface area contributed by atoms with Crippen molar-refractivity contribution in [2.75, 3.05) is 26.4 Å². The van der Waals surface area contributed by atoms with Crippen LogP contribution in [0.5, 0.6) is 0 Å². The van der Waals surface area contributed by atoms with E-state index in [9.17, 15) is 75.7 Å². The summed E-state index contributed by atoms with van der Waals surface area (Å²) in [6.45, 7) is 2.19. The quantitative estimate of drug-likeness (QED) is 0.0199. The number of unbranched alkanes of at least 4 members (excludes halogenated alkanes) is 42. The first-order valence-corrected chi connectivity index (χ1v) is 40.7. The van der Waals surface area contributed by atoms with Gasteiger partial charge in [0.25, 0.3) is 5.79 Å². The Labute approximate surface area is 613 Å². The van der Waals surface area contributed by atoms with E-state index in [4.69, 9.17) is 28.4 Å². The molecule has 0 saturated carbocycles. The smallest absolute Gasteiger partial charge is 0.364 e. The van der Waals surface area contributed by atoms with Crippen molar-refractivity contribution in [1.82, 2.24) is 10.6 Å². The average molecular weight is 1460 g/mol. The van der Waals surface area contributed by atoms with Gasteiger partial charge in [0.05, 0.1) is 50.7 Å². The lowest BCUT2D eigenvalue weighted by Crippen LogP contribution is -2.70. The monoisotopic (exact) mass is 1460 g/mol. The molecule has 3 aliphatic heterocycles. The number of aliphatic hydroxyl groups is 11. The van der Waals surface area contributed by atoms with Crippen LogP contribution >= 0.6 is 0 Å². The van der Waals surface area contributed by atoms with Gasteiger partial charge in [-0.25, -0.2) is 4.79 Å². The fraction of sp³-hybridized carbons (Fsp3) is 0.911. The van der Waals surface area contributed by atoms with Crippen LogP contribution in [-0.2, 0) is 42.8 Å². The number of ether oxygens (including phenoxy) is 6. The highest BCUT2D eigenvalue weighted by Gasteiger charge is 2.60. The molecule has 0 bridgehead atoms. The Kier molecular flexibility index (Phi) is 53.4. The van der Waals surface area contributed by atoms with E-state index in [0.717, 1.165) is 51.9 Å². The number of carboxylic acid groups (broad SMARTS) is 1. The molecule has 14 N–H and O–H groups in total. The topological polar surface area (TPSA) is 373 Å². The number of hydrogen-bond donors (Lipinski definition) is 14. The average Bonchev–Trinajstić information content (AvgIpc) is 0.755. The first kappa shape index (κ1) is 93.4. The lowest BCUT2D eigenvalue weighted by Gasteiger charge is -2.50. The Morgan fingerprint density at radius 1 is 0.510 bits per heavy atom. The molecule has 598 valence electrons. The molecule has 0 aliphatic carbocycles. The molecule has 23 nitrogen and oxygen atoms in total. The van der Waals surface area contributed by atoms with Crippen molar-refractivity contribution >= 4 is 17.8 Å². The standard InChI is InChI=1S/C79H146N2O21/c1-4-6-8-10-12-14-16-18-20-22-24-26-27-28-29-30-31-32-33-35-37-39-41-43-45-47-49-51-53-66(89)81-60(61(86)52-50-48-46-44-42-40-38-36-34-25-23-21-19-17-15-13-11-9-7-5-2)58-97-76-71(93)70(92)73(65(57-84)99-76)100-77-72(94)75(69(91)64(56-83)98-77)102-79(78(95)96)54-62(87)67(80-59(3)85)74(101-79)68(90)63(88)55-82/h28-29,50,52,60-65,67-77,82-84,86-88,90-94H,4-27,30-49,51,53-58H2,1-3H3,(H,80,85)(H,81,89)(H,95,96)/b29-28-,52-50+. The molecule has 23 heteroatoms. The SMILES string of the molecule is CCCCCCCCCCCCCC/C=C\CCCCCCCCCCCCCCC(=O)NC(COC1OC(CO)C(OC2OC(CO)C(O)C(OC3(C(=O)O)CC(O)C(NC(C)=O)C(C(O)C(O)CO)O3)C2O)C(O)C1O)C(O)/C=C/CCCCCCCCCCCCCCCCCCCC. The molecule has 102 heavy (non-hydrogen) atoms. The van der Waals surface area contributed by atoms with E-state index in [1.54, 1.807) is 6.08 Å². The third kappa shape index (κ3) is 38.3. The number of aliphatic carboxylic acids is 1. The summed E-state index contributed by atoms with van der Waals surface area (Å²) in [6.07, 6.45) is 35.0. The number of rotatable bonds is 64. The first-order valence-electron chi connectivity index (χ1n) is 40.7. The predicted octanol–water partition coefficient (Wildman–Crippen LogP) is 10.7. The maximum atomic E-state index is 13.5. The normalized spacial score (nSPS) is 26.7. The second kappa shape index (κ2) is 58.3. The zero-order chi connectivity index (χ0) is 74.6. The van der Waals surface area contributed by atoms with Crippen LogP contribution in [0.2, 0.25) is 0 Å². The zero-order valence-corrected chi connectivity index (χ0v) is 63.2. The summed E-state index contributed by atoms with van der Waals surface area (Å²) in [5.41, 5.74) is 0. The Morgan fingerprint density at radius 3 is 1.33 bits per heavy atom. The van der Waals surface area contributed by atoms with Gasteiger partial charge in [-0.05, 0) is 44.9 Å². The van der Waals surface area contributed by atoms with Crippen molar-refractivity contribution in [3.05, 3.63) is 24.3 Å². The Balaban J connectivity index is 1.51. The summed E-state index contributed by atoms with van der Waals surface area (Å²) < 4.78 is 34.9. The number of carboxylic acids is 1. The molecular formula is C79H146N2O21. The van der Waals surface area contributed by atoms with Crippen LogP contribution < -0.4 is 10.6 Å². The minimum atomic E-state index is -3.08. The summed E-state index contributed by atoms with van der Waals surface area (Å²) in [4.78, 5) is 38.7. The second-order valence-corrected chi connectivity index (χ2v) is 29.6. The number of allylic oxidation sites excluding steroid dienone is 3. The van der Waals surface area contributed by atoms with E-state index in [0.29, 0.717) is 12.8 Å². The summed E-state index contributed by atoms with van der Waals surface area (Å²) >= 11 is 0. The van der Waals surface area contributed by atoms with Gasteiger partial charge in [0.15, 0.2) is 12.6 Å². The minimum Gasteiger partial charge on any atom is -0.477 e. The van der Waals surface area contributed by atoms with Crippen molar-refractivity contribution in [1.29, 1.82) is 0 Å². The molecule has 3 fully saturated rings. The molecular weight excluding hydrogens is 1310 g/mol. The third-order valence-corrected chi connectivity index (χ3v) is 20.6. The molecule has 3 rings (SSSR count). The van der Waals surface area contributed by atoms with E-state index in [2.05, 4.69) is 36.6 Å². The van der Waals surface area contributed by atoms with Gasteiger partial charge in [-0.15, -0.1) is 0 Å². The fourth-order valence-electron chi connectivity index (χ4n) is 14.2. The molecule has 0 aromatic rings. The van der Waals surface area contributed by atoms with Crippen LogP contribution in [0, 0.1) is 0 Å². The predicted molar refractivity (Wildman–Crippen MR) is 394 cm³/mol. The number of nitrogens with one attached hydrogen (secondary N) is 2. The molecule has 0 aromatic heterocycles. The summed E-state index contributed by atoms with van der Waals surface area (Å²) in [6, 6.07) is -2.62. The molecule has 18 unspecified atom stereocenters. The van der Waals surface area contributed by atoms with Crippen molar-refractivity contribution in [2.45, 2.75) is 432 Å². The number of amides is 2. The largest absolute Gasteiger partial charge is 0.477 e. The van der Waals surface area contributed by atoms with Crippen LogP contribution in [0.25, 0.3) is 0 Å². The maximum Gasteiger partial charge on any atom is 0.364 e. The van der Waals surface area contributed by atoms with Crippen LogP contribution in [0.4, 0.5) is 0 Å². The van der Waals surface area contributed by atoms with Crippen LogP contribution in [-0.4, -0.2) is 215 Å². The van der Waals surface area contributed by atoms with Gasteiger partial charge in [-0.2, -0.15) is 0 Å². The van der Waals surface area contributed by atoms with Crippen LogP contribution in [0.3, 0.4) is 0 Å². The van der Waals surface area contributed by atoms with Gasteiger partial charge in [0.1, 0.15) is 67.1 Å². The van der Waals surface area contributed by atoms with E-state index < -0.39 is 155 Å². The summed E-state index contributed by atoms with van der Waals surface area (Å²) in [7, 11) is 0. The highest BCUT2D eigenvalue weighted by Crippen LogP contribution is 2.39. The number of carbonyl (C=O) groups excluding carboxylic acids is 2. The molecule has 2 amide bonds. The Hall–Kier alpha value is -2.79. The van der Waals surface area contributed by atoms with Gasteiger partial charge in [-0.3, -0.25) is 9.59 Å². The minimum absolute atomic E-state index is 0.202. The molecule has 0 radical (unpaired) electrons. The van der Waals surface area contributed by atoms with Gasteiger partial charge in [-0.1, -0.05) is 282 Å². The highest BCUT2D eigenvalue weighted by molar-refractivity contribution is 5.77. The van der Waals surface area contributed by atoms with Gasteiger partial charge in [0.2, 0.25) is 11.8 Å². The van der Waals surface area contributed by atoms with Crippen molar-refractivity contribution < 1.29 is 104 Å². The molecule has 3 heterocycles. The van der Waals surface area contributed by atoms with Crippen LogP contribution in [0.1, 0.15) is 323 Å². The molecule has 18 atom stereocenters. The first-order chi connectivity index (χ1) is 49.4. The van der Waals surface area contributed by atoms with Gasteiger partial charge >= 0.3 is 5.97 Å². The molecule has 3 saturated heterocycles. The third-order valence-electron chi connectivity index (χ3n) is 20.6. The van der Waals surface area contributed by atoms with E-state index in [1.165, 1.54) is 231 Å². The van der Waals surface area contributed by atoms with E-state index in [-0.39, 0.29) is 12.3 Å². The second-order valence-electron chi connectivity index (χ2n) is 29.6. The molecule has 0 aromatic carbocycles. The number of aliphatic hydroxyl groups excluding tert-OH is 11. The summed E-state index contributed by atoms with van der Waals surface area (Å²) in [5.74, 6) is -6.14. The number of carbonyl (C=O) groups is 3. The lowest BCUT2D eigenvalue weighted by atomic mass is 9.88. The van der Waals surface area contributed by atoms with Crippen molar-refractivity contribution in [2.24, 2.45) is 0 Å². The van der Waals surface area contributed by atoms with E-state index >= 15 is 0 Å². The Morgan fingerprint density at radius 2 is 0.922 bits per heavy atom. The maximum absolute atomic E-state index is 13.5. The zero-order valence-electron chi connectivity index (χ0n) is 63.2. The molecule has 0 spiro atoms. The number of hydrogen-bond acceptors (Lipinski definition) is 20. The fourth-order valence-corrected chi connectivity index (χ4v) is 14.2. The Bertz CT molecular complexity index is 2130. The van der Waals surface area contributed by atoms with E-state index in [1.807, 2.05) is 6.08 Å². The van der Waals surface area contributed by atoms with Crippen molar-refractivity contribution in [3.8, 4) is 0 Å². The van der Waals surface area contributed by atoms with Gasteiger partial charge in [0, 0.05) is 19.8 Å². The van der Waals surface area contributed by atoms with Gasteiger partial charge < -0.3 is 100 Å². The summed E-state index contributed by atoms with van der Waals surface area (Å²) in [5, 5.41) is 136. The van der Waals surface area contributed by atoms with Crippen molar-refractivity contribution in [3.63, 3.8) is 0 Å². The highest BCUT2D eigenvalue weighted by atomic mass is 16.8.